The van der Waals surface area contributed by atoms with Crippen molar-refractivity contribution < 1.29 is 9.53 Å². The maximum absolute atomic E-state index is 11.5. The molecule has 88 valence electrons. The monoisotopic (exact) mass is 250 g/mol. The van der Waals surface area contributed by atoms with Gasteiger partial charge in [0.15, 0.2) is 6.61 Å². The van der Waals surface area contributed by atoms with Crippen molar-refractivity contribution >= 4 is 28.1 Å². The van der Waals surface area contributed by atoms with Gasteiger partial charge in [0, 0.05) is 0 Å². The molecule has 0 fully saturated rings. The minimum absolute atomic E-state index is 0.117. The van der Waals surface area contributed by atoms with Crippen molar-refractivity contribution in [2.24, 2.45) is 0 Å². The first-order valence-corrected chi connectivity index (χ1v) is 5.67. The van der Waals surface area contributed by atoms with E-state index in [-0.39, 0.29) is 12.5 Å². The number of nitrogens with two attached hydrogens (primary N) is 1. The Morgan fingerprint density at radius 1 is 1.47 bits per heavy atom. The molecule has 0 spiro atoms. The number of amides is 1. The lowest BCUT2D eigenvalue weighted by atomic mass is 10.3. The van der Waals surface area contributed by atoms with Crippen LogP contribution in [0.1, 0.15) is 0 Å². The number of aromatic nitrogens is 2. The van der Waals surface area contributed by atoms with Crippen LogP contribution < -0.4 is 15.8 Å². The second-order valence-electron chi connectivity index (χ2n) is 3.12. The van der Waals surface area contributed by atoms with Crippen LogP contribution in [0.3, 0.4) is 0 Å². The average molecular weight is 250 g/mol. The van der Waals surface area contributed by atoms with Crippen LogP contribution in [0, 0.1) is 0 Å². The van der Waals surface area contributed by atoms with Crippen LogP contribution in [0.2, 0.25) is 0 Å². The summed E-state index contributed by atoms with van der Waals surface area (Å²) < 4.78 is 5.27. The summed E-state index contributed by atoms with van der Waals surface area (Å²) in [6.07, 6.45) is 0. The number of hydrogen-bond donors (Lipinski definition) is 2. The number of ether oxygens (including phenoxy) is 1. The van der Waals surface area contributed by atoms with Crippen molar-refractivity contribution in [1.29, 1.82) is 0 Å². The Labute approximate surface area is 101 Å². The van der Waals surface area contributed by atoms with Gasteiger partial charge < -0.3 is 10.5 Å². The summed E-state index contributed by atoms with van der Waals surface area (Å²) in [6, 6.07) is 6.99. The Morgan fingerprint density at radius 3 is 3.00 bits per heavy atom. The summed E-state index contributed by atoms with van der Waals surface area (Å²) in [5.74, 6) is 0.185. The zero-order valence-corrected chi connectivity index (χ0v) is 9.61. The predicted molar refractivity (Wildman–Crippen MR) is 64.9 cm³/mol. The molecule has 0 atom stereocenters. The van der Waals surface area contributed by atoms with Crippen LogP contribution in [-0.4, -0.2) is 22.7 Å². The number of nitrogens with zero attached hydrogens (tertiary/aromatic N) is 2. The standard InChI is InChI=1S/C10H10N4O2S/c11-7-3-1-2-4-8(7)16-5-9(15)13-10-14-12-6-17-10/h1-4,6H,5,11H2,(H,13,14,15). The fourth-order valence-corrected chi connectivity index (χ4v) is 1.60. The number of anilines is 2. The lowest BCUT2D eigenvalue weighted by molar-refractivity contribution is -0.118. The van der Waals surface area contributed by atoms with E-state index < -0.39 is 0 Å². The van der Waals surface area contributed by atoms with Gasteiger partial charge in [-0.25, -0.2) is 0 Å². The third-order valence-electron chi connectivity index (χ3n) is 1.88. The van der Waals surface area contributed by atoms with Crippen LogP contribution in [-0.2, 0) is 4.79 Å². The highest BCUT2D eigenvalue weighted by molar-refractivity contribution is 7.13. The van der Waals surface area contributed by atoms with Crippen molar-refractivity contribution in [1.82, 2.24) is 10.2 Å². The van der Waals surface area contributed by atoms with E-state index in [1.807, 2.05) is 0 Å². The van der Waals surface area contributed by atoms with Crippen LogP contribution in [0.5, 0.6) is 5.75 Å². The molecule has 0 saturated carbocycles. The second-order valence-corrected chi connectivity index (χ2v) is 3.95. The Kier molecular flexibility index (Phi) is 3.51. The number of para-hydroxylation sites is 2. The van der Waals surface area contributed by atoms with Crippen LogP contribution in [0.4, 0.5) is 10.8 Å². The van der Waals surface area contributed by atoms with Gasteiger partial charge in [-0.1, -0.05) is 23.5 Å². The Morgan fingerprint density at radius 2 is 2.29 bits per heavy atom. The summed E-state index contributed by atoms with van der Waals surface area (Å²) in [7, 11) is 0. The van der Waals surface area contributed by atoms with E-state index in [1.165, 1.54) is 16.8 Å². The molecule has 0 radical (unpaired) electrons. The molecule has 0 aliphatic rings. The molecule has 1 aromatic carbocycles. The molecule has 6 nitrogen and oxygen atoms in total. The first kappa shape index (κ1) is 11.3. The van der Waals surface area contributed by atoms with Crippen LogP contribution in [0.25, 0.3) is 0 Å². The number of nitrogen functional groups attached to an aromatic ring is 1. The zero-order valence-electron chi connectivity index (χ0n) is 8.79. The maximum atomic E-state index is 11.5. The van der Waals surface area contributed by atoms with E-state index in [2.05, 4.69) is 15.5 Å². The van der Waals surface area contributed by atoms with Gasteiger partial charge in [0.1, 0.15) is 11.3 Å². The van der Waals surface area contributed by atoms with E-state index in [0.717, 1.165) is 0 Å². The molecule has 3 N–H and O–H groups in total. The third kappa shape index (κ3) is 3.15. The van der Waals surface area contributed by atoms with Crippen molar-refractivity contribution in [2.75, 3.05) is 17.7 Å². The van der Waals surface area contributed by atoms with E-state index >= 15 is 0 Å². The molecule has 0 unspecified atom stereocenters. The van der Waals surface area contributed by atoms with E-state index in [4.69, 9.17) is 10.5 Å². The third-order valence-corrected chi connectivity index (χ3v) is 2.49. The zero-order chi connectivity index (χ0) is 12.1. The normalized spacial score (nSPS) is 9.88. The van der Waals surface area contributed by atoms with Gasteiger partial charge in [0.05, 0.1) is 5.69 Å². The van der Waals surface area contributed by atoms with E-state index in [0.29, 0.717) is 16.6 Å². The van der Waals surface area contributed by atoms with E-state index in [9.17, 15) is 4.79 Å². The highest BCUT2D eigenvalue weighted by Gasteiger charge is 2.06. The molecule has 0 bridgehead atoms. The van der Waals surface area contributed by atoms with Crippen LogP contribution >= 0.6 is 11.3 Å². The summed E-state index contributed by atoms with van der Waals surface area (Å²) in [5, 5.41) is 10.3. The van der Waals surface area contributed by atoms with Gasteiger partial charge in [-0.15, -0.1) is 10.2 Å². The molecule has 0 aliphatic carbocycles. The number of nitrogens with one attached hydrogen (secondary N) is 1. The predicted octanol–water partition coefficient (Wildman–Crippen LogP) is 1.14. The van der Waals surface area contributed by atoms with Gasteiger partial charge >= 0.3 is 0 Å². The Balaban J connectivity index is 1.86. The number of rotatable bonds is 4. The van der Waals surface area contributed by atoms with Crippen LogP contribution in [0.15, 0.2) is 29.8 Å². The minimum Gasteiger partial charge on any atom is -0.482 e. The van der Waals surface area contributed by atoms with Crippen molar-refractivity contribution in [3.63, 3.8) is 0 Å². The average Bonchev–Trinajstić information content (AvgIpc) is 2.81. The van der Waals surface area contributed by atoms with Gasteiger partial charge in [0.2, 0.25) is 5.13 Å². The minimum atomic E-state index is -0.301. The van der Waals surface area contributed by atoms with Gasteiger partial charge in [-0.2, -0.15) is 0 Å². The quantitative estimate of drug-likeness (QED) is 0.794. The lowest BCUT2D eigenvalue weighted by Gasteiger charge is -2.07. The topological polar surface area (TPSA) is 90.1 Å². The molecule has 1 heterocycles. The number of carbonyl (C=O) groups excluding carboxylic acids is 1. The van der Waals surface area contributed by atoms with E-state index in [1.54, 1.807) is 24.3 Å². The smallest absolute Gasteiger partial charge is 0.264 e. The molecular weight excluding hydrogens is 240 g/mol. The van der Waals surface area contributed by atoms with Crippen molar-refractivity contribution in [2.45, 2.75) is 0 Å². The molecule has 1 amide bonds. The lowest BCUT2D eigenvalue weighted by Crippen LogP contribution is -2.20. The second kappa shape index (κ2) is 5.26. The fraction of sp³-hybridized carbons (Fsp3) is 0.100. The van der Waals surface area contributed by atoms with Crippen molar-refractivity contribution in [3.05, 3.63) is 29.8 Å². The summed E-state index contributed by atoms with van der Waals surface area (Å²) >= 11 is 1.24. The highest BCUT2D eigenvalue weighted by atomic mass is 32.1. The number of hydrogen-bond acceptors (Lipinski definition) is 6. The molecule has 0 saturated heterocycles. The maximum Gasteiger partial charge on any atom is 0.264 e. The van der Waals surface area contributed by atoms with Gasteiger partial charge in [-0.05, 0) is 12.1 Å². The molecule has 2 aromatic rings. The first-order valence-electron chi connectivity index (χ1n) is 4.79. The van der Waals surface area contributed by atoms with Gasteiger partial charge in [-0.3, -0.25) is 10.1 Å². The van der Waals surface area contributed by atoms with Gasteiger partial charge in [0.25, 0.3) is 5.91 Å². The molecule has 7 heteroatoms. The highest BCUT2D eigenvalue weighted by Crippen LogP contribution is 2.19. The summed E-state index contributed by atoms with van der Waals surface area (Å²) in [4.78, 5) is 11.5. The van der Waals surface area contributed by atoms with Crippen molar-refractivity contribution in [3.8, 4) is 5.75 Å². The molecule has 1 aromatic heterocycles. The molecule has 17 heavy (non-hydrogen) atoms. The number of carbonyl (C=O) groups is 1. The Bertz CT molecular complexity index is 501. The summed E-state index contributed by atoms with van der Waals surface area (Å²) in [6.45, 7) is -0.117. The fourth-order valence-electron chi connectivity index (χ4n) is 1.14. The first-order chi connectivity index (χ1) is 8.25. The largest absolute Gasteiger partial charge is 0.482 e. The molecular formula is C10H10N4O2S. The molecule has 0 aliphatic heterocycles. The Hall–Kier alpha value is -2.15. The molecule has 2 rings (SSSR count). The summed E-state index contributed by atoms with van der Waals surface area (Å²) in [5.41, 5.74) is 7.70. The number of benzene rings is 1. The SMILES string of the molecule is Nc1ccccc1OCC(=O)Nc1nncs1.